The molecule has 110 valence electrons. The Bertz CT molecular complexity index is 718. The maximum atomic E-state index is 12.1. The van der Waals surface area contributed by atoms with Crippen molar-refractivity contribution in [1.29, 1.82) is 0 Å². The van der Waals surface area contributed by atoms with E-state index < -0.39 is 16.2 Å². The molecule has 2 aromatic rings. The number of hydrogen-bond donors (Lipinski definition) is 1. The first-order valence-electron chi connectivity index (χ1n) is 6.17. The summed E-state index contributed by atoms with van der Waals surface area (Å²) in [5.74, 6) is 0.109. The van der Waals surface area contributed by atoms with Gasteiger partial charge in [0.25, 0.3) is 0 Å². The van der Waals surface area contributed by atoms with Crippen LogP contribution in [0.4, 0.5) is 0 Å². The van der Waals surface area contributed by atoms with Crippen molar-refractivity contribution < 1.29 is 22.5 Å². The molecule has 1 N–H and O–H groups in total. The molecule has 0 heterocycles. The Kier molecular flexibility index (Phi) is 4.40. The maximum absolute atomic E-state index is 12.1. The number of benzene rings is 2. The molecular formula is C15H14O5S. The van der Waals surface area contributed by atoms with Gasteiger partial charge in [0.05, 0.1) is 0 Å². The van der Waals surface area contributed by atoms with Crippen LogP contribution in [0.15, 0.2) is 53.4 Å². The average Bonchev–Trinajstić information content (AvgIpc) is 2.47. The molecule has 21 heavy (non-hydrogen) atoms. The van der Waals surface area contributed by atoms with Crippen LogP contribution in [-0.4, -0.2) is 19.8 Å². The zero-order valence-electron chi connectivity index (χ0n) is 11.3. The van der Waals surface area contributed by atoms with E-state index in [2.05, 4.69) is 0 Å². The lowest BCUT2D eigenvalue weighted by Crippen LogP contribution is -2.09. The Morgan fingerprint density at radius 2 is 1.62 bits per heavy atom. The fraction of sp³-hybridized carbons (Fsp3) is 0.133. The van der Waals surface area contributed by atoms with Gasteiger partial charge in [0.1, 0.15) is 16.7 Å². The predicted octanol–water partition coefficient (Wildman–Crippen LogP) is 2.00. The summed E-state index contributed by atoms with van der Waals surface area (Å²) in [6, 6.07) is 11.9. The van der Waals surface area contributed by atoms with E-state index in [4.69, 9.17) is 4.18 Å². The van der Waals surface area contributed by atoms with Crippen molar-refractivity contribution in [2.45, 2.75) is 17.9 Å². The lowest BCUT2D eigenvalue weighted by atomic mass is 10.1. The molecule has 0 fully saturated rings. The molecule has 6 heteroatoms. The minimum atomic E-state index is -3.90. The van der Waals surface area contributed by atoms with Gasteiger partial charge < -0.3 is 14.1 Å². The summed E-state index contributed by atoms with van der Waals surface area (Å²) in [6.07, 6.45) is -0.841. The Balaban J connectivity index is 2.20. The molecule has 0 aliphatic carbocycles. The summed E-state index contributed by atoms with van der Waals surface area (Å²) in [5.41, 5.74) is 1.31. The van der Waals surface area contributed by atoms with Crippen LogP contribution >= 0.6 is 0 Å². The smallest absolute Gasteiger partial charge is 0.339 e. The van der Waals surface area contributed by atoms with Gasteiger partial charge in [-0.3, -0.25) is 0 Å². The number of carbonyl (C=O) groups is 1. The Morgan fingerprint density at radius 1 is 1.05 bits per heavy atom. The number of rotatable bonds is 5. The highest BCUT2D eigenvalue weighted by molar-refractivity contribution is 7.87. The van der Waals surface area contributed by atoms with E-state index in [0.717, 1.165) is 5.56 Å². The van der Waals surface area contributed by atoms with E-state index >= 15 is 0 Å². The second-order valence-corrected chi connectivity index (χ2v) is 6.05. The summed E-state index contributed by atoms with van der Waals surface area (Å²) in [5, 5.41) is 9.33. The van der Waals surface area contributed by atoms with Crippen LogP contribution in [-0.2, 0) is 14.9 Å². The van der Waals surface area contributed by atoms with Gasteiger partial charge in [-0.05, 0) is 36.8 Å². The second kappa shape index (κ2) is 6.07. The zero-order chi connectivity index (χ0) is 15.5. The summed E-state index contributed by atoms with van der Waals surface area (Å²) in [4.78, 5) is 10.5. The van der Waals surface area contributed by atoms with Crippen molar-refractivity contribution in [3.8, 4) is 5.75 Å². The number of carbonyl (C=O) groups excluding carboxylic acids is 1. The summed E-state index contributed by atoms with van der Waals surface area (Å²) >= 11 is 0. The minimum Gasteiger partial charge on any atom is -0.381 e. The first-order valence-corrected chi connectivity index (χ1v) is 7.58. The number of aliphatic hydroxyl groups is 1. The summed E-state index contributed by atoms with van der Waals surface area (Å²) in [6.45, 7) is 1.86. The fourth-order valence-electron chi connectivity index (χ4n) is 1.68. The molecule has 0 aromatic heterocycles. The van der Waals surface area contributed by atoms with Crippen molar-refractivity contribution in [2.24, 2.45) is 0 Å². The van der Waals surface area contributed by atoms with E-state index in [1.165, 1.54) is 36.4 Å². The third kappa shape index (κ3) is 3.68. The molecule has 1 unspecified atom stereocenters. The topological polar surface area (TPSA) is 80.7 Å². The normalized spacial score (nSPS) is 12.7. The van der Waals surface area contributed by atoms with Crippen molar-refractivity contribution in [1.82, 2.24) is 0 Å². The van der Waals surface area contributed by atoms with E-state index in [0.29, 0.717) is 11.8 Å². The second-order valence-electron chi connectivity index (χ2n) is 4.50. The minimum absolute atomic E-state index is 0.0603. The molecule has 0 spiro atoms. The molecular weight excluding hydrogens is 292 g/mol. The van der Waals surface area contributed by atoms with Crippen LogP contribution in [0.5, 0.6) is 5.75 Å². The first kappa shape index (κ1) is 15.2. The first-order chi connectivity index (χ1) is 9.92. The quantitative estimate of drug-likeness (QED) is 0.675. The third-order valence-electron chi connectivity index (χ3n) is 2.87. The number of aliphatic hydroxyl groups excluding tert-OH is 1. The van der Waals surface area contributed by atoms with E-state index in [9.17, 15) is 18.3 Å². The van der Waals surface area contributed by atoms with Crippen molar-refractivity contribution >= 4 is 16.4 Å². The van der Waals surface area contributed by atoms with Gasteiger partial charge in [0.2, 0.25) is 0 Å². The molecule has 5 nitrogen and oxygen atoms in total. The van der Waals surface area contributed by atoms with Crippen LogP contribution in [0.25, 0.3) is 0 Å². The van der Waals surface area contributed by atoms with Gasteiger partial charge in [-0.25, -0.2) is 0 Å². The summed E-state index contributed by atoms with van der Waals surface area (Å²) < 4.78 is 29.1. The van der Waals surface area contributed by atoms with Crippen LogP contribution < -0.4 is 4.18 Å². The SMILES string of the molecule is Cc1ccc(S(=O)(=O)Oc2ccc(C(O)C=O)cc2)cc1. The number of hydrogen-bond acceptors (Lipinski definition) is 5. The molecule has 0 aliphatic rings. The molecule has 1 atom stereocenters. The molecule has 0 aliphatic heterocycles. The average molecular weight is 306 g/mol. The maximum Gasteiger partial charge on any atom is 0.339 e. The highest BCUT2D eigenvalue weighted by Gasteiger charge is 2.16. The van der Waals surface area contributed by atoms with Gasteiger partial charge in [-0.15, -0.1) is 0 Å². The zero-order valence-corrected chi connectivity index (χ0v) is 12.1. The third-order valence-corrected chi connectivity index (χ3v) is 4.13. The predicted molar refractivity (Wildman–Crippen MR) is 76.5 cm³/mol. The van der Waals surface area contributed by atoms with Crippen LogP contribution in [0.1, 0.15) is 17.2 Å². The highest BCUT2D eigenvalue weighted by atomic mass is 32.2. The van der Waals surface area contributed by atoms with Gasteiger partial charge in [0.15, 0.2) is 6.29 Å². The van der Waals surface area contributed by atoms with Gasteiger partial charge in [-0.2, -0.15) is 8.42 Å². The highest BCUT2D eigenvalue weighted by Crippen LogP contribution is 2.21. The lowest BCUT2D eigenvalue weighted by Gasteiger charge is -2.08. The molecule has 0 saturated carbocycles. The van der Waals surface area contributed by atoms with Crippen molar-refractivity contribution in [3.63, 3.8) is 0 Å². The largest absolute Gasteiger partial charge is 0.381 e. The lowest BCUT2D eigenvalue weighted by molar-refractivity contribution is -0.115. The van der Waals surface area contributed by atoms with Gasteiger partial charge >= 0.3 is 10.1 Å². The molecule has 0 bridgehead atoms. The van der Waals surface area contributed by atoms with Gasteiger partial charge in [-0.1, -0.05) is 29.8 Å². The van der Waals surface area contributed by atoms with Crippen LogP contribution in [0.3, 0.4) is 0 Å². The number of aryl methyl sites for hydroxylation is 1. The van der Waals surface area contributed by atoms with Crippen molar-refractivity contribution in [2.75, 3.05) is 0 Å². The molecule has 2 aromatic carbocycles. The Morgan fingerprint density at radius 3 is 2.14 bits per heavy atom. The number of aldehydes is 1. The standard InChI is InChI=1S/C15H14O5S/c1-11-2-8-14(9-3-11)21(18,19)20-13-6-4-12(5-7-13)15(17)10-16/h2-10,15,17H,1H3. The summed E-state index contributed by atoms with van der Waals surface area (Å²) in [7, 11) is -3.90. The van der Waals surface area contributed by atoms with Crippen LogP contribution in [0, 0.1) is 6.92 Å². The van der Waals surface area contributed by atoms with E-state index in [1.807, 2.05) is 6.92 Å². The van der Waals surface area contributed by atoms with E-state index in [1.54, 1.807) is 12.1 Å². The van der Waals surface area contributed by atoms with E-state index in [-0.39, 0.29) is 10.6 Å². The monoisotopic (exact) mass is 306 g/mol. The Hall–Kier alpha value is -2.18. The Labute approximate surface area is 122 Å². The molecule has 0 radical (unpaired) electrons. The fourth-order valence-corrected chi connectivity index (χ4v) is 2.61. The van der Waals surface area contributed by atoms with Gasteiger partial charge in [0, 0.05) is 0 Å². The van der Waals surface area contributed by atoms with Crippen LogP contribution in [0.2, 0.25) is 0 Å². The van der Waals surface area contributed by atoms with Crippen molar-refractivity contribution in [3.05, 3.63) is 59.7 Å². The molecule has 0 saturated heterocycles. The molecule has 0 amide bonds. The molecule has 2 rings (SSSR count).